The minimum absolute atomic E-state index is 0.120. The van der Waals surface area contributed by atoms with Crippen molar-refractivity contribution in [3.05, 3.63) is 69.3 Å². The lowest BCUT2D eigenvalue weighted by Gasteiger charge is -2.09. The SMILES string of the molecule is CNc1ccc(C(=O)NCc2ccc(C[NH+](C)C)cc2)cc1[N+](=O)[O-]. The van der Waals surface area contributed by atoms with Crippen LogP contribution in [0.5, 0.6) is 0 Å². The summed E-state index contributed by atoms with van der Waals surface area (Å²) in [6, 6.07) is 12.4. The highest BCUT2D eigenvalue weighted by Gasteiger charge is 2.16. The maximum atomic E-state index is 12.2. The Morgan fingerprint density at radius 1 is 1.12 bits per heavy atom. The first-order chi connectivity index (χ1) is 11.9. The molecule has 0 aliphatic heterocycles. The van der Waals surface area contributed by atoms with Crippen LogP contribution in [0.4, 0.5) is 11.4 Å². The van der Waals surface area contributed by atoms with Gasteiger partial charge < -0.3 is 15.5 Å². The molecule has 0 fully saturated rings. The number of benzene rings is 2. The Balaban J connectivity index is 2.02. The van der Waals surface area contributed by atoms with Crippen molar-refractivity contribution >= 4 is 17.3 Å². The number of amides is 1. The molecule has 2 aromatic carbocycles. The Morgan fingerprint density at radius 2 is 1.76 bits per heavy atom. The molecule has 0 aliphatic carbocycles. The van der Waals surface area contributed by atoms with Gasteiger partial charge in [0.1, 0.15) is 12.2 Å². The maximum absolute atomic E-state index is 12.2. The van der Waals surface area contributed by atoms with Crippen LogP contribution in [0.3, 0.4) is 0 Å². The van der Waals surface area contributed by atoms with Crippen molar-refractivity contribution in [3.8, 4) is 0 Å². The van der Waals surface area contributed by atoms with Gasteiger partial charge in [-0.05, 0) is 17.7 Å². The van der Waals surface area contributed by atoms with E-state index in [2.05, 4.69) is 24.7 Å². The zero-order valence-corrected chi connectivity index (χ0v) is 14.6. The molecule has 0 heterocycles. The molecule has 0 spiro atoms. The van der Waals surface area contributed by atoms with E-state index in [-0.39, 0.29) is 17.2 Å². The topological polar surface area (TPSA) is 88.7 Å². The van der Waals surface area contributed by atoms with E-state index in [0.717, 1.165) is 12.1 Å². The third-order valence-electron chi connectivity index (χ3n) is 3.76. The molecule has 0 atom stereocenters. The molecule has 0 saturated carbocycles. The average molecular weight is 343 g/mol. The number of nitro groups is 1. The van der Waals surface area contributed by atoms with E-state index in [4.69, 9.17) is 0 Å². The number of hydrogen-bond acceptors (Lipinski definition) is 4. The van der Waals surface area contributed by atoms with E-state index in [9.17, 15) is 14.9 Å². The predicted octanol–water partition coefficient (Wildman–Crippen LogP) is 1.21. The van der Waals surface area contributed by atoms with Crippen molar-refractivity contribution in [2.75, 3.05) is 26.5 Å². The van der Waals surface area contributed by atoms with Crippen LogP contribution in [0.25, 0.3) is 0 Å². The number of nitrogens with one attached hydrogen (secondary N) is 3. The lowest BCUT2D eigenvalue weighted by molar-refractivity contribution is -0.872. The van der Waals surface area contributed by atoms with E-state index in [1.54, 1.807) is 13.1 Å². The van der Waals surface area contributed by atoms with Crippen molar-refractivity contribution in [2.45, 2.75) is 13.1 Å². The fraction of sp³-hybridized carbons (Fsp3) is 0.278. The molecule has 2 aromatic rings. The minimum Gasteiger partial charge on any atom is -0.383 e. The molecule has 132 valence electrons. The fourth-order valence-corrected chi connectivity index (χ4v) is 2.50. The zero-order chi connectivity index (χ0) is 18.4. The van der Waals surface area contributed by atoms with Crippen molar-refractivity contribution in [2.24, 2.45) is 0 Å². The second-order valence-corrected chi connectivity index (χ2v) is 6.12. The number of carbonyl (C=O) groups excluding carboxylic acids is 1. The van der Waals surface area contributed by atoms with Crippen molar-refractivity contribution < 1.29 is 14.6 Å². The lowest BCUT2D eigenvalue weighted by Crippen LogP contribution is -3.04. The smallest absolute Gasteiger partial charge is 0.293 e. The van der Waals surface area contributed by atoms with Crippen LogP contribution < -0.4 is 15.5 Å². The van der Waals surface area contributed by atoms with Gasteiger partial charge in [0.25, 0.3) is 11.6 Å². The van der Waals surface area contributed by atoms with E-state index in [0.29, 0.717) is 12.2 Å². The third kappa shape index (κ3) is 5.02. The monoisotopic (exact) mass is 343 g/mol. The normalized spacial score (nSPS) is 10.6. The van der Waals surface area contributed by atoms with Crippen LogP contribution in [-0.2, 0) is 13.1 Å². The van der Waals surface area contributed by atoms with E-state index in [1.165, 1.54) is 22.6 Å². The van der Waals surface area contributed by atoms with Crippen molar-refractivity contribution in [1.82, 2.24) is 5.32 Å². The Hall–Kier alpha value is -2.93. The molecule has 25 heavy (non-hydrogen) atoms. The summed E-state index contributed by atoms with van der Waals surface area (Å²) < 4.78 is 0. The molecule has 0 aromatic heterocycles. The van der Waals surface area contributed by atoms with Gasteiger partial charge in [0.05, 0.1) is 19.0 Å². The van der Waals surface area contributed by atoms with Crippen LogP contribution >= 0.6 is 0 Å². The summed E-state index contributed by atoms with van der Waals surface area (Å²) in [6.07, 6.45) is 0. The molecule has 7 nitrogen and oxygen atoms in total. The molecule has 0 radical (unpaired) electrons. The van der Waals surface area contributed by atoms with Gasteiger partial charge in [0.2, 0.25) is 0 Å². The first-order valence-corrected chi connectivity index (χ1v) is 8.02. The van der Waals surface area contributed by atoms with Crippen LogP contribution in [0.2, 0.25) is 0 Å². The third-order valence-corrected chi connectivity index (χ3v) is 3.76. The summed E-state index contributed by atoms with van der Waals surface area (Å²) in [5.41, 5.74) is 2.73. The van der Waals surface area contributed by atoms with Gasteiger partial charge >= 0.3 is 0 Å². The fourth-order valence-electron chi connectivity index (χ4n) is 2.50. The van der Waals surface area contributed by atoms with Crippen molar-refractivity contribution in [3.63, 3.8) is 0 Å². The predicted molar refractivity (Wildman–Crippen MR) is 96.8 cm³/mol. The molecule has 0 saturated heterocycles. The Bertz CT molecular complexity index is 757. The molecule has 7 heteroatoms. The molecule has 3 N–H and O–H groups in total. The lowest BCUT2D eigenvalue weighted by atomic mass is 10.1. The molecular formula is C18H23N4O3+. The number of rotatable bonds is 7. The molecule has 1 amide bonds. The molecule has 0 aliphatic rings. The van der Waals surface area contributed by atoms with Crippen LogP contribution in [0.15, 0.2) is 42.5 Å². The van der Waals surface area contributed by atoms with Gasteiger partial charge in [0.15, 0.2) is 0 Å². The molecule has 0 unspecified atom stereocenters. The summed E-state index contributed by atoms with van der Waals surface area (Å²) in [7, 11) is 5.78. The van der Waals surface area contributed by atoms with Crippen LogP contribution in [0.1, 0.15) is 21.5 Å². The highest BCUT2D eigenvalue weighted by Crippen LogP contribution is 2.24. The number of anilines is 1. The molecule has 2 rings (SSSR count). The standard InChI is InChI=1S/C18H22N4O3/c1-19-16-9-8-15(10-17(16)22(24)25)18(23)20-11-13-4-6-14(7-5-13)12-21(2)3/h4-10,19H,11-12H2,1-3H3,(H,20,23)/p+1. The average Bonchev–Trinajstić information content (AvgIpc) is 2.59. The van der Waals surface area contributed by atoms with Crippen molar-refractivity contribution in [1.29, 1.82) is 0 Å². The van der Waals surface area contributed by atoms with E-state index in [1.807, 2.05) is 24.3 Å². The number of quaternary nitrogens is 1. The number of carbonyl (C=O) groups is 1. The van der Waals surface area contributed by atoms with Crippen LogP contribution in [-0.4, -0.2) is 32.0 Å². The highest BCUT2D eigenvalue weighted by molar-refractivity contribution is 5.95. The van der Waals surface area contributed by atoms with Gasteiger partial charge in [-0.15, -0.1) is 0 Å². The maximum Gasteiger partial charge on any atom is 0.293 e. The first kappa shape index (κ1) is 18.4. The van der Waals surface area contributed by atoms with Gasteiger partial charge in [-0.2, -0.15) is 0 Å². The zero-order valence-electron chi connectivity index (χ0n) is 14.6. The Morgan fingerprint density at radius 3 is 2.32 bits per heavy atom. The summed E-state index contributed by atoms with van der Waals surface area (Å²) in [4.78, 5) is 24.2. The Labute approximate surface area is 146 Å². The number of nitro benzene ring substituents is 1. The number of hydrogen-bond donors (Lipinski definition) is 3. The second-order valence-electron chi connectivity index (χ2n) is 6.12. The highest BCUT2D eigenvalue weighted by atomic mass is 16.6. The summed E-state index contributed by atoms with van der Waals surface area (Å²) in [5.74, 6) is -0.340. The molecule has 0 bridgehead atoms. The second kappa shape index (κ2) is 8.25. The quantitative estimate of drug-likeness (QED) is 0.521. The van der Waals surface area contributed by atoms with E-state index < -0.39 is 4.92 Å². The minimum atomic E-state index is -0.506. The number of nitrogens with zero attached hydrogens (tertiary/aromatic N) is 1. The van der Waals surface area contributed by atoms with Gasteiger partial charge in [0, 0.05) is 30.8 Å². The summed E-state index contributed by atoms with van der Waals surface area (Å²) >= 11 is 0. The van der Waals surface area contributed by atoms with E-state index >= 15 is 0 Å². The Kier molecular flexibility index (Phi) is 6.08. The largest absolute Gasteiger partial charge is 0.383 e. The van der Waals surface area contributed by atoms with Crippen LogP contribution in [0, 0.1) is 10.1 Å². The summed E-state index contributed by atoms with van der Waals surface area (Å²) in [5, 5.41) is 16.6. The summed E-state index contributed by atoms with van der Waals surface area (Å²) in [6.45, 7) is 1.31. The first-order valence-electron chi connectivity index (χ1n) is 8.02. The molecular weight excluding hydrogens is 320 g/mol. The van der Waals surface area contributed by atoms with Gasteiger partial charge in [-0.3, -0.25) is 14.9 Å². The van der Waals surface area contributed by atoms with Gasteiger partial charge in [-0.25, -0.2) is 0 Å². The van der Waals surface area contributed by atoms with Gasteiger partial charge in [-0.1, -0.05) is 24.3 Å².